The van der Waals surface area contributed by atoms with Crippen LogP contribution in [-0.2, 0) is 133 Å². The Hall–Kier alpha value is -11.0. The Labute approximate surface area is 793 Å². The summed E-state index contributed by atoms with van der Waals surface area (Å²) in [5, 5.41) is 59.8. The smallest absolute Gasteiger partial charge is 0.410 e. The van der Waals surface area contributed by atoms with Gasteiger partial charge >= 0.3 is 95.8 Å². The number of rotatable bonds is 17. The Balaban J connectivity index is -0.000000471. The molecule has 46 nitrogen and oxygen atoms in total. The van der Waals surface area contributed by atoms with E-state index in [2.05, 4.69) is 81.5 Å². The number of hydrogen-bond donors (Lipinski definition) is 7. The van der Waals surface area contributed by atoms with Gasteiger partial charge in [-0.15, -0.1) is 23.2 Å². The molecular weight excluding hydrogens is 1850 g/mol. The zero-order chi connectivity index (χ0) is 102. The topological polar surface area (TPSA) is 631 Å². The number of ketones is 1. The number of alkyl halides is 2. The molecule has 2 aromatic rings. The second kappa shape index (κ2) is 68.9. The van der Waals surface area contributed by atoms with Gasteiger partial charge in [-0.05, 0) is 99.5 Å². The van der Waals surface area contributed by atoms with Gasteiger partial charge in [0.1, 0.15) is 83.0 Å². The summed E-state index contributed by atoms with van der Waals surface area (Å²) >= 11 is 15.3. The first-order valence-electron chi connectivity index (χ1n) is 40.2. The molecule has 4 heterocycles. The summed E-state index contributed by atoms with van der Waals surface area (Å²) in [4.78, 5) is 221. The molecule has 134 heavy (non-hydrogen) atoms. The number of ether oxygens (including phenoxy) is 15. The number of carbonyl (C=O) groups excluding carboxylic acids is 16. The summed E-state index contributed by atoms with van der Waals surface area (Å²) in [5.41, 5.74) is -1.49. The van der Waals surface area contributed by atoms with Gasteiger partial charge in [0, 0.05) is 52.7 Å². The molecule has 5 aliphatic rings. The number of aliphatic hydroxyl groups is 5. The summed E-state index contributed by atoms with van der Waals surface area (Å²) in [6.45, 7) is 13.6. The number of aliphatic hydroxyl groups excluding tert-OH is 5. The summed E-state index contributed by atoms with van der Waals surface area (Å²) in [7, 11) is 19.6. The normalized spacial score (nSPS) is 21.0. The monoisotopic (exact) mass is 1980 g/mol. The van der Waals surface area contributed by atoms with Crippen molar-refractivity contribution in [3.05, 3.63) is 63.5 Å². The minimum absolute atomic E-state index is 0. The van der Waals surface area contributed by atoms with Gasteiger partial charge in [0.2, 0.25) is 5.43 Å². The quantitative estimate of drug-likeness (QED) is 0.0367. The van der Waals surface area contributed by atoms with E-state index in [-0.39, 0.29) is 70.3 Å². The second-order valence-electron chi connectivity index (χ2n) is 30.8. The molecule has 3 unspecified atom stereocenters. The van der Waals surface area contributed by atoms with E-state index in [1.165, 1.54) is 107 Å². The van der Waals surface area contributed by atoms with Crippen LogP contribution in [0.5, 0.6) is 0 Å². The number of aromatic nitrogens is 4. The summed E-state index contributed by atoms with van der Waals surface area (Å²) in [6, 6.07) is 0. The Morgan fingerprint density at radius 3 is 0.791 bits per heavy atom. The molecule has 5 fully saturated rings. The van der Waals surface area contributed by atoms with Crippen molar-refractivity contribution in [1.82, 2.24) is 34.6 Å². The van der Waals surface area contributed by atoms with Crippen LogP contribution in [0.4, 0.5) is 9.59 Å². The molecule has 0 bridgehead atoms. The maximum atomic E-state index is 12.2. The van der Waals surface area contributed by atoms with E-state index < -0.39 is 208 Å². The van der Waals surface area contributed by atoms with Crippen molar-refractivity contribution in [2.24, 2.45) is 59.2 Å². The molecule has 14 atom stereocenters. The van der Waals surface area contributed by atoms with Gasteiger partial charge in [0.15, 0.2) is 5.78 Å². The Kier molecular flexibility index (Phi) is 67.6. The summed E-state index contributed by atoms with van der Waals surface area (Å²) in [5.74, 6) is -17.7. The van der Waals surface area contributed by atoms with Crippen molar-refractivity contribution < 1.29 is 183 Å². The SMILES string of the molecule is C.C.CC(C)=C(Cl)N(C)C.COC(=O)CC(=O)CC(=O)OC.COC(=O)[C@@H]1CN(C(=O)OC(C)(C)C)C[C@H](C(=O)O)[C@@H]1O.COC(=O)[C@H]1CCC[C@@H](C(=O)OC)C1O.COC(=O)[C@H]1CCC[C@@H](C(=O)OC)C1O.COC(=O)[C@H]1CCC[C@H](C(=O)OC)C1O.COC(=O)[C@H]1CN(C(=O)OC(C)(C)C)C[C@@H](C(=O)OC)C1O.COC(=O)c1c[nH]cc(C(=O)OC)c1=O.ClCCl.c1ncncn1. The van der Waals surface area contributed by atoms with Gasteiger partial charge in [0.25, 0.3) is 0 Å². The van der Waals surface area contributed by atoms with Crippen molar-refractivity contribution in [2.75, 3.05) is 138 Å². The lowest BCUT2D eigenvalue weighted by Crippen LogP contribution is -2.57. The fourth-order valence-corrected chi connectivity index (χ4v) is 12.5. The van der Waals surface area contributed by atoms with Crippen LogP contribution in [0.15, 0.2) is 46.9 Å². The van der Waals surface area contributed by atoms with Crippen molar-refractivity contribution in [3.8, 4) is 0 Å². The summed E-state index contributed by atoms with van der Waals surface area (Å²) < 4.78 is 68.8. The van der Waals surface area contributed by atoms with Crippen LogP contribution < -0.4 is 5.43 Å². The number of aliphatic carboxylic acids is 1. The van der Waals surface area contributed by atoms with E-state index in [1.54, 1.807) is 41.5 Å². The van der Waals surface area contributed by atoms with Crippen LogP contribution >= 0.6 is 34.8 Å². The molecule has 2 amide bonds. The van der Waals surface area contributed by atoms with Crippen LogP contribution in [0.25, 0.3) is 0 Å². The number of carboxylic acids is 1. The highest BCUT2D eigenvalue weighted by Crippen LogP contribution is 2.35. The number of hydrogen-bond acceptors (Lipinski definition) is 42. The van der Waals surface area contributed by atoms with E-state index >= 15 is 0 Å². The molecule has 2 aromatic heterocycles. The lowest BCUT2D eigenvalue weighted by Gasteiger charge is -2.39. The highest BCUT2D eigenvalue weighted by Gasteiger charge is 2.49. The molecule has 3 aliphatic carbocycles. The molecule has 7 N–H and O–H groups in total. The first-order valence-corrected chi connectivity index (χ1v) is 41.6. The standard InChI is InChI=1S/C14H23NO7.C13H21NO7.3C10H16O5.C9H9NO5.C7H10O5.C6H12ClN.C3H3N3.CH2Cl2.2CH4/c1-14(2,3)22-13(19)15-6-8(11(17)20-4)10(16)9(7-15)12(18)21-5;1-13(2,3)21-12(19)14-5-7(10(16)17)9(15)8(6-14)11(18)20-4;3*1-14-9(12)6-4-3-5-7(8(6)11)10(13)15-2;1-14-8(12)5-3-10-4-6(7(5)11)9(13)15-2;1-11-6(9)3-5(8)4-7(10)12-2;1-5(2)6(7)8(3)4;1-4-2-6-3-5-1;2-1-3;;/h8-10,16H,6-7H2,1-5H3;7-9,15H,5-6H2,1-4H3,(H,16,17);3*6-8,11H,3-5H2,1-2H3;3-4H,1-2H3,(H,10,11);3-4H2,1-2H3;1-4H3;1-3H;1H2;2*1H4/t8-,9+,10?;7-,8+,9-;2*6-,7+,8?;6-,7-;;;;;;;/m.0..0......./s1. The number of nitrogens with one attached hydrogen (secondary N) is 1. The Bertz CT molecular complexity index is 3780. The first-order chi connectivity index (χ1) is 61.7. The van der Waals surface area contributed by atoms with Gasteiger partial charge in [-0.25, -0.2) is 34.1 Å². The first kappa shape index (κ1) is 131. The number of esters is 13. The fourth-order valence-electron chi connectivity index (χ4n) is 12.5. The largest absolute Gasteiger partial charge is 0.481 e. The minimum atomic E-state index is -1.41. The number of halogens is 3. The van der Waals surface area contributed by atoms with Gasteiger partial charge in [-0.1, -0.05) is 45.7 Å². The number of carbonyl (C=O) groups is 17. The number of pyridine rings is 1. The maximum Gasteiger partial charge on any atom is 0.410 e. The van der Waals surface area contributed by atoms with Crippen molar-refractivity contribution in [3.63, 3.8) is 0 Å². The highest BCUT2D eigenvalue weighted by molar-refractivity contribution is 6.40. The fraction of sp³-hybridized carbons (Fsp3) is 0.682. The number of carboxylic acid groups (broad SMARTS) is 1. The zero-order valence-electron chi connectivity index (χ0n) is 78.3. The third-order valence-electron chi connectivity index (χ3n) is 19.1. The van der Waals surface area contributed by atoms with Crippen LogP contribution in [0, 0.1) is 59.2 Å². The number of aromatic amines is 1. The molecule has 0 aromatic carbocycles. The average Bonchev–Trinajstić information content (AvgIpc) is 0.799. The molecular formula is C85H136Cl3N7O39. The van der Waals surface area contributed by atoms with Crippen LogP contribution in [0.3, 0.4) is 0 Å². The highest BCUT2D eigenvalue weighted by atomic mass is 35.5. The number of likely N-dealkylation sites (tertiary alicyclic amines) is 2. The number of Topliss-reactive ketones (excluding diaryl/α,β-unsaturated/α-hetero) is 1. The second-order valence-corrected chi connectivity index (χ2v) is 32.0. The molecule has 3 saturated carbocycles. The van der Waals surface area contributed by atoms with E-state index in [4.69, 9.17) is 49.4 Å². The Morgan fingerprint density at radius 1 is 0.396 bits per heavy atom. The molecule has 49 heteroatoms. The molecule has 0 radical (unpaired) electrons. The number of H-pyrrole nitrogens is 1. The van der Waals surface area contributed by atoms with Crippen molar-refractivity contribution in [1.29, 1.82) is 0 Å². The van der Waals surface area contributed by atoms with E-state index in [9.17, 15) is 112 Å². The lowest BCUT2D eigenvalue weighted by atomic mass is 9.79. The van der Waals surface area contributed by atoms with Gasteiger partial charge in [-0.3, -0.25) is 67.1 Å². The van der Waals surface area contributed by atoms with Crippen LogP contribution in [0.1, 0.15) is 162 Å². The van der Waals surface area contributed by atoms with Crippen molar-refractivity contribution >= 4 is 136 Å². The molecule has 2 saturated heterocycles. The number of piperidine rings is 2. The lowest BCUT2D eigenvalue weighted by molar-refractivity contribution is -0.165. The molecule has 0 spiro atoms. The summed E-state index contributed by atoms with van der Waals surface area (Å²) in [6.07, 6.45) is 4.34. The number of amides is 2. The third kappa shape index (κ3) is 47.7. The van der Waals surface area contributed by atoms with Crippen molar-refractivity contribution in [2.45, 2.75) is 183 Å². The number of allylic oxidation sites excluding steroid dienone is 1. The van der Waals surface area contributed by atoms with Crippen LogP contribution in [-0.4, -0.2) is 347 Å². The number of methoxy groups -OCH3 is 13. The minimum Gasteiger partial charge on any atom is -0.481 e. The Morgan fingerprint density at radius 2 is 0.612 bits per heavy atom. The third-order valence-corrected chi connectivity index (χ3v) is 19.9. The van der Waals surface area contributed by atoms with Gasteiger partial charge in [0.05, 0.1) is 164 Å². The zero-order valence-corrected chi connectivity index (χ0v) is 80.6. The number of nitrogens with zero attached hydrogens (tertiary/aromatic N) is 6. The van der Waals surface area contributed by atoms with E-state index in [0.29, 0.717) is 38.5 Å². The van der Waals surface area contributed by atoms with Gasteiger partial charge in [-0.2, -0.15) is 0 Å². The maximum absolute atomic E-state index is 12.2. The molecule has 2 aliphatic heterocycles. The predicted octanol–water partition coefficient (Wildman–Crippen LogP) is 4.83. The average molecular weight is 1990 g/mol. The molecule has 7 rings (SSSR count). The van der Waals surface area contributed by atoms with Crippen LogP contribution in [0.2, 0.25) is 0 Å². The van der Waals surface area contributed by atoms with E-state index in [0.717, 1.165) is 56.2 Å². The predicted molar refractivity (Wildman–Crippen MR) is 474 cm³/mol. The van der Waals surface area contributed by atoms with Gasteiger partial charge < -0.3 is 121 Å². The van der Waals surface area contributed by atoms with E-state index in [1.807, 2.05) is 32.8 Å². The molecule has 766 valence electrons.